The molecule has 32 heavy (non-hydrogen) atoms. The van der Waals surface area contributed by atoms with E-state index in [0.29, 0.717) is 10.8 Å². The van der Waals surface area contributed by atoms with E-state index in [4.69, 9.17) is 29.2 Å². The Balaban J connectivity index is 0.000000320. The molecule has 1 unspecified atom stereocenters. The molecule has 0 radical (unpaired) electrons. The van der Waals surface area contributed by atoms with Gasteiger partial charge in [-0.1, -0.05) is 109 Å². The third kappa shape index (κ3) is 9.77. The van der Waals surface area contributed by atoms with Gasteiger partial charge in [-0.2, -0.15) is 0 Å². The van der Waals surface area contributed by atoms with Crippen LogP contribution in [0.1, 0.15) is 38.8 Å². The lowest BCUT2D eigenvalue weighted by atomic mass is 10.2. The molecule has 172 valence electrons. The van der Waals surface area contributed by atoms with Crippen molar-refractivity contribution in [2.45, 2.75) is 37.7 Å². The number of thioether (sulfide) groups is 2. The van der Waals surface area contributed by atoms with E-state index in [1.807, 2.05) is 60.7 Å². The van der Waals surface area contributed by atoms with Crippen LogP contribution in [0, 0.1) is 0 Å². The van der Waals surface area contributed by atoms with Gasteiger partial charge in [0, 0.05) is 4.53 Å². The fourth-order valence-corrected chi connectivity index (χ4v) is 5.03. The molecule has 2 aromatic carbocycles. The second-order valence-corrected chi connectivity index (χ2v) is 11.1. The van der Waals surface area contributed by atoms with Crippen LogP contribution in [0.25, 0.3) is 0 Å². The summed E-state index contributed by atoms with van der Waals surface area (Å²) in [5.41, 5.74) is 1.81. The normalized spacial score (nSPS) is 11.4. The standard InChI is InChI=1S/C12H14O2S2.C11H11FO2S2/c1-3-14-11(13)9(2)16-12(15)10-7-5-4-6-8-10;1-11(2,10(13)14-12)16-9(15)8-6-4-3-5-7-8/h4-9H,3H2,1-2H3;3-7H,1-2H3. The topological polar surface area (TPSA) is 52.6 Å². The molecule has 0 N–H and O–H groups in total. The lowest BCUT2D eigenvalue weighted by Gasteiger charge is -2.18. The molecule has 0 aromatic heterocycles. The lowest BCUT2D eigenvalue weighted by molar-refractivity contribution is -0.185. The number of thiocarbonyl (C=S) groups is 2. The van der Waals surface area contributed by atoms with Crippen LogP contribution in [-0.2, 0) is 19.3 Å². The Kier molecular flexibility index (Phi) is 12.7. The van der Waals surface area contributed by atoms with Crippen LogP contribution in [0.15, 0.2) is 60.7 Å². The fourth-order valence-electron chi connectivity index (χ4n) is 2.11. The molecule has 0 aliphatic carbocycles. The number of rotatable bonds is 7. The van der Waals surface area contributed by atoms with E-state index in [1.54, 1.807) is 27.7 Å². The van der Waals surface area contributed by atoms with Gasteiger partial charge in [0.2, 0.25) is 0 Å². The summed E-state index contributed by atoms with van der Waals surface area (Å²) in [5, 5.41) is -0.257. The maximum atomic E-state index is 11.8. The lowest BCUT2D eigenvalue weighted by Crippen LogP contribution is -2.29. The minimum absolute atomic E-state index is 0.217. The van der Waals surface area contributed by atoms with Crippen molar-refractivity contribution in [1.82, 2.24) is 0 Å². The Morgan fingerprint density at radius 1 is 0.969 bits per heavy atom. The summed E-state index contributed by atoms with van der Waals surface area (Å²) in [5.74, 6) is -1.15. The summed E-state index contributed by atoms with van der Waals surface area (Å²) in [6.07, 6.45) is 0. The van der Waals surface area contributed by atoms with E-state index in [1.165, 1.54) is 11.8 Å². The third-order valence-corrected chi connectivity index (χ3v) is 6.93. The van der Waals surface area contributed by atoms with E-state index < -0.39 is 10.7 Å². The molecule has 0 saturated heterocycles. The number of hydrogen-bond donors (Lipinski definition) is 0. The van der Waals surface area contributed by atoms with E-state index in [0.717, 1.165) is 27.1 Å². The first kappa shape index (κ1) is 28.2. The number of hydrogen-bond acceptors (Lipinski definition) is 8. The minimum atomic E-state index is -1.03. The summed E-state index contributed by atoms with van der Waals surface area (Å²) >= 11 is 12.9. The van der Waals surface area contributed by atoms with Crippen LogP contribution in [-0.4, -0.2) is 36.9 Å². The van der Waals surface area contributed by atoms with Crippen LogP contribution in [0.2, 0.25) is 0 Å². The molecule has 0 spiro atoms. The van der Waals surface area contributed by atoms with Crippen molar-refractivity contribution in [2.75, 3.05) is 6.61 Å². The summed E-state index contributed by atoms with van der Waals surface area (Å²) in [4.78, 5) is 25.8. The number of benzene rings is 2. The SMILES string of the molecule is CC(C)(SC(=S)c1ccccc1)C(=O)OF.CCOC(=O)C(C)SC(=S)c1ccccc1. The molecule has 2 rings (SSSR count). The Bertz CT molecular complexity index is 905. The Morgan fingerprint density at radius 3 is 1.88 bits per heavy atom. The van der Waals surface area contributed by atoms with Gasteiger partial charge in [0.25, 0.3) is 0 Å². The van der Waals surface area contributed by atoms with Gasteiger partial charge in [-0.3, -0.25) is 9.74 Å². The number of carbonyl (C=O) groups excluding carboxylic acids is 2. The van der Waals surface area contributed by atoms with E-state index in [9.17, 15) is 14.1 Å². The van der Waals surface area contributed by atoms with Gasteiger partial charge in [-0.15, -0.1) is 0 Å². The van der Waals surface area contributed by atoms with E-state index >= 15 is 0 Å². The van der Waals surface area contributed by atoms with Gasteiger partial charge in [0.05, 0.1) is 15.0 Å². The smallest absolute Gasteiger partial charge is 0.364 e. The highest BCUT2D eigenvalue weighted by Gasteiger charge is 2.33. The zero-order valence-electron chi connectivity index (χ0n) is 18.2. The van der Waals surface area contributed by atoms with Crippen molar-refractivity contribution in [3.8, 4) is 0 Å². The van der Waals surface area contributed by atoms with Crippen molar-refractivity contribution >= 4 is 68.3 Å². The summed E-state index contributed by atoms with van der Waals surface area (Å²) in [6.45, 7) is 7.13. The molecule has 0 fully saturated rings. The van der Waals surface area contributed by atoms with Crippen molar-refractivity contribution < 1.29 is 23.8 Å². The number of esters is 1. The zero-order chi connectivity index (χ0) is 24.1. The van der Waals surface area contributed by atoms with Crippen LogP contribution in [0.3, 0.4) is 0 Å². The van der Waals surface area contributed by atoms with Crippen molar-refractivity contribution in [3.05, 3.63) is 71.8 Å². The number of ether oxygens (including phenoxy) is 1. The highest BCUT2D eigenvalue weighted by atomic mass is 32.2. The molecule has 0 saturated carbocycles. The predicted octanol–water partition coefficient (Wildman–Crippen LogP) is 6.35. The monoisotopic (exact) mass is 512 g/mol. The predicted molar refractivity (Wildman–Crippen MR) is 139 cm³/mol. The molecule has 0 heterocycles. The van der Waals surface area contributed by atoms with Crippen LogP contribution < -0.4 is 0 Å². The highest BCUT2D eigenvalue weighted by Crippen LogP contribution is 2.30. The van der Waals surface area contributed by atoms with Gasteiger partial charge >= 0.3 is 11.9 Å². The summed E-state index contributed by atoms with van der Waals surface area (Å²) in [7, 11) is 0. The average molecular weight is 513 g/mol. The van der Waals surface area contributed by atoms with Gasteiger partial charge in [-0.05, 0) is 38.8 Å². The largest absolute Gasteiger partial charge is 0.465 e. The quantitative estimate of drug-likeness (QED) is 0.314. The van der Waals surface area contributed by atoms with Crippen LogP contribution in [0.4, 0.5) is 4.53 Å². The molecule has 1 atom stereocenters. The molecule has 0 aliphatic rings. The molecule has 2 aromatic rings. The minimum Gasteiger partial charge on any atom is -0.465 e. The second kappa shape index (κ2) is 14.4. The molecule has 0 bridgehead atoms. The van der Waals surface area contributed by atoms with E-state index in [2.05, 4.69) is 4.94 Å². The molecule has 4 nitrogen and oxygen atoms in total. The van der Waals surface area contributed by atoms with Gasteiger partial charge in [-0.25, -0.2) is 4.79 Å². The van der Waals surface area contributed by atoms with E-state index in [-0.39, 0.29) is 11.2 Å². The first-order valence-electron chi connectivity index (χ1n) is 9.66. The molecular weight excluding hydrogens is 488 g/mol. The first-order valence-corrected chi connectivity index (χ1v) is 12.2. The Labute approximate surface area is 207 Å². The van der Waals surface area contributed by atoms with Gasteiger partial charge in [0.15, 0.2) is 0 Å². The summed E-state index contributed by atoms with van der Waals surface area (Å²) < 4.78 is 17.0. The van der Waals surface area contributed by atoms with Crippen molar-refractivity contribution in [2.24, 2.45) is 0 Å². The van der Waals surface area contributed by atoms with Gasteiger partial charge < -0.3 is 4.74 Å². The average Bonchev–Trinajstić information content (AvgIpc) is 2.79. The van der Waals surface area contributed by atoms with Crippen LogP contribution in [0.5, 0.6) is 0 Å². The fraction of sp³-hybridized carbons (Fsp3) is 0.304. The third-order valence-electron chi connectivity index (χ3n) is 3.83. The molecule has 0 amide bonds. The highest BCUT2D eigenvalue weighted by molar-refractivity contribution is 8.25. The number of halogens is 1. The Hall–Kier alpha value is -1.81. The van der Waals surface area contributed by atoms with Crippen molar-refractivity contribution in [1.29, 1.82) is 0 Å². The van der Waals surface area contributed by atoms with Crippen LogP contribution >= 0.6 is 48.0 Å². The van der Waals surface area contributed by atoms with Gasteiger partial charge in [0.1, 0.15) is 10.00 Å². The first-order chi connectivity index (χ1) is 15.1. The number of carbonyl (C=O) groups is 2. The maximum Gasteiger partial charge on any atom is 0.364 e. The maximum absolute atomic E-state index is 11.8. The zero-order valence-corrected chi connectivity index (χ0v) is 21.5. The molecule has 9 heteroatoms. The Morgan fingerprint density at radius 2 is 1.44 bits per heavy atom. The molecule has 0 aliphatic heterocycles. The second-order valence-electron chi connectivity index (χ2n) is 6.80. The summed E-state index contributed by atoms with van der Waals surface area (Å²) in [6, 6.07) is 18.9. The van der Waals surface area contributed by atoms with Crippen molar-refractivity contribution in [3.63, 3.8) is 0 Å². The molecular formula is C23H25FO4S4.